The highest BCUT2D eigenvalue weighted by atomic mass is 32.2. The Bertz CT molecular complexity index is 2010. The lowest BCUT2D eigenvalue weighted by atomic mass is 9.70. The molecule has 1 amide bonds. The molecular formula is C33H27N3O3S. The van der Waals surface area contributed by atoms with Gasteiger partial charge in [0.1, 0.15) is 5.41 Å². The number of nitrogens with one attached hydrogen (secondary N) is 2. The molecule has 0 spiro atoms. The van der Waals surface area contributed by atoms with E-state index in [2.05, 4.69) is 22.1 Å². The maximum Gasteiger partial charge on any atom is 0.270 e. The molecule has 198 valence electrons. The SMILES string of the molecule is Cc1ccc(S(=O)(=O)N2C(=O)C(c3c[nH]c4ccc(C)cc34)(c3c[nH]c4ccc(C)cc34)c3ccccc32)cc1. The van der Waals surface area contributed by atoms with Gasteiger partial charge in [-0.2, -0.15) is 0 Å². The molecule has 0 radical (unpaired) electrons. The van der Waals surface area contributed by atoms with E-state index in [1.54, 1.807) is 36.4 Å². The van der Waals surface area contributed by atoms with Crippen LogP contribution in [0.2, 0.25) is 0 Å². The zero-order valence-corrected chi connectivity index (χ0v) is 23.1. The van der Waals surface area contributed by atoms with E-state index >= 15 is 4.79 Å². The smallest absolute Gasteiger partial charge is 0.270 e. The number of carbonyl (C=O) groups is 1. The third kappa shape index (κ3) is 3.21. The second-order valence-corrected chi connectivity index (χ2v) is 12.4. The third-order valence-corrected chi connectivity index (χ3v) is 9.78. The Labute approximate surface area is 232 Å². The Morgan fingerprint density at radius 3 is 1.75 bits per heavy atom. The van der Waals surface area contributed by atoms with Crippen LogP contribution in [0, 0.1) is 20.8 Å². The lowest BCUT2D eigenvalue weighted by Crippen LogP contribution is -2.44. The highest BCUT2D eigenvalue weighted by Crippen LogP contribution is 2.54. The quantitative estimate of drug-likeness (QED) is 0.260. The van der Waals surface area contributed by atoms with Crippen molar-refractivity contribution in [2.24, 2.45) is 0 Å². The zero-order valence-electron chi connectivity index (χ0n) is 22.3. The van der Waals surface area contributed by atoms with Gasteiger partial charge in [0.15, 0.2) is 0 Å². The number of hydrogen-bond acceptors (Lipinski definition) is 3. The van der Waals surface area contributed by atoms with E-state index < -0.39 is 21.3 Å². The van der Waals surface area contributed by atoms with Crippen molar-refractivity contribution in [2.75, 3.05) is 4.31 Å². The normalized spacial score (nSPS) is 14.8. The van der Waals surface area contributed by atoms with Crippen molar-refractivity contribution in [2.45, 2.75) is 31.1 Å². The summed E-state index contributed by atoms with van der Waals surface area (Å²) >= 11 is 0. The lowest BCUT2D eigenvalue weighted by molar-refractivity contribution is -0.119. The summed E-state index contributed by atoms with van der Waals surface area (Å²) in [5, 5.41) is 1.75. The minimum Gasteiger partial charge on any atom is -0.361 e. The minimum atomic E-state index is -4.23. The van der Waals surface area contributed by atoms with Crippen molar-refractivity contribution in [3.05, 3.63) is 131 Å². The van der Waals surface area contributed by atoms with Crippen LogP contribution >= 0.6 is 0 Å². The molecule has 6 nitrogen and oxygen atoms in total. The average molecular weight is 546 g/mol. The molecule has 2 aromatic heterocycles. The first-order valence-electron chi connectivity index (χ1n) is 13.2. The fourth-order valence-corrected chi connectivity index (χ4v) is 7.62. The van der Waals surface area contributed by atoms with Crippen LogP contribution in [-0.4, -0.2) is 24.3 Å². The van der Waals surface area contributed by atoms with Crippen LogP contribution in [0.5, 0.6) is 0 Å². The Morgan fingerprint density at radius 2 is 1.18 bits per heavy atom. The number of aryl methyl sites for hydroxylation is 3. The van der Waals surface area contributed by atoms with Gasteiger partial charge in [0, 0.05) is 50.9 Å². The summed E-state index contributed by atoms with van der Waals surface area (Å²) in [4.78, 5) is 21.9. The molecule has 0 bridgehead atoms. The standard InChI is InChI=1S/C33H27N3O3S/c1-20-8-12-23(13-9-20)40(38,39)36-31-7-5-4-6-26(31)33(32(36)37,27-18-34-29-14-10-21(2)16-24(27)29)28-19-35-30-15-11-22(3)17-25(28)30/h4-19,34-35H,1-3H3. The van der Waals surface area contributed by atoms with Gasteiger partial charge in [-0.1, -0.05) is 59.2 Å². The second kappa shape index (κ2) is 8.44. The number of nitrogens with zero attached hydrogens (tertiary/aromatic N) is 1. The number of aromatic amines is 2. The molecule has 0 aliphatic carbocycles. The van der Waals surface area contributed by atoms with Gasteiger partial charge < -0.3 is 9.97 Å². The molecule has 7 heteroatoms. The van der Waals surface area contributed by atoms with Gasteiger partial charge in [0.05, 0.1) is 10.6 Å². The Kier molecular flexibility index (Phi) is 5.15. The molecule has 1 aliphatic rings. The highest BCUT2D eigenvalue weighted by molar-refractivity contribution is 7.93. The Balaban J connectivity index is 1.62. The van der Waals surface area contributed by atoms with E-state index in [4.69, 9.17) is 0 Å². The molecular weight excluding hydrogens is 518 g/mol. The van der Waals surface area contributed by atoms with E-state index in [0.717, 1.165) is 42.8 Å². The maximum atomic E-state index is 15.1. The minimum absolute atomic E-state index is 0.0709. The summed E-state index contributed by atoms with van der Waals surface area (Å²) in [6, 6.07) is 26.0. The molecule has 0 saturated heterocycles. The van der Waals surface area contributed by atoms with Crippen molar-refractivity contribution in [3.63, 3.8) is 0 Å². The zero-order chi connectivity index (χ0) is 27.8. The fourth-order valence-electron chi connectivity index (χ4n) is 6.15. The Morgan fingerprint density at radius 1 is 0.650 bits per heavy atom. The van der Waals surface area contributed by atoms with Gasteiger partial charge in [-0.15, -0.1) is 0 Å². The summed E-state index contributed by atoms with van der Waals surface area (Å²) < 4.78 is 29.6. The van der Waals surface area contributed by atoms with Crippen LogP contribution in [-0.2, 0) is 20.2 Å². The van der Waals surface area contributed by atoms with Crippen molar-refractivity contribution in [1.29, 1.82) is 0 Å². The molecule has 0 atom stereocenters. The lowest BCUT2D eigenvalue weighted by Gasteiger charge is -2.29. The first kappa shape index (κ1) is 24.4. The van der Waals surface area contributed by atoms with Gasteiger partial charge in [0.2, 0.25) is 0 Å². The first-order chi connectivity index (χ1) is 19.2. The van der Waals surface area contributed by atoms with Crippen LogP contribution in [0.25, 0.3) is 21.8 Å². The molecule has 1 aliphatic heterocycles. The fraction of sp³-hybridized carbons (Fsp3) is 0.121. The molecule has 4 aromatic carbocycles. The molecule has 0 saturated carbocycles. The average Bonchev–Trinajstić information content (AvgIpc) is 3.61. The number of anilines is 1. The van der Waals surface area contributed by atoms with Crippen LogP contribution in [0.1, 0.15) is 33.4 Å². The van der Waals surface area contributed by atoms with Gasteiger partial charge in [-0.25, -0.2) is 12.7 Å². The third-order valence-electron chi connectivity index (χ3n) is 8.07. The predicted molar refractivity (Wildman–Crippen MR) is 158 cm³/mol. The van der Waals surface area contributed by atoms with E-state index in [1.165, 1.54) is 0 Å². The number of rotatable bonds is 4. The van der Waals surface area contributed by atoms with E-state index in [0.29, 0.717) is 22.4 Å². The molecule has 3 heterocycles. The number of hydrogen-bond donors (Lipinski definition) is 2. The number of aromatic nitrogens is 2. The van der Waals surface area contributed by atoms with E-state index in [-0.39, 0.29) is 4.90 Å². The summed E-state index contributed by atoms with van der Waals surface area (Å²) in [5.41, 5.74) is 5.76. The second-order valence-electron chi connectivity index (χ2n) is 10.7. The number of H-pyrrole nitrogens is 2. The van der Waals surface area contributed by atoms with Crippen molar-refractivity contribution >= 4 is 43.4 Å². The molecule has 40 heavy (non-hydrogen) atoms. The number of carbonyl (C=O) groups excluding carboxylic acids is 1. The van der Waals surface area contributed by atoms with Crippen LogP contribution < -0.4 is 4.31 Å². The van der Waals surface area contributed by atoms with Crippen LogP contribution in [0.15, 0.2) is 102 Å². The Hall–Kier alpha value is -4.62. The van der Waals surface area contributed by atoms with Gasteiger partial charge in [-0.05, 0) is 63.2 Å². The van der Waals surface area contributed by atoms with Gasteiger partial charge in [-0.3, -0.25) is 4.79 Å². The number of amides is 1. The topological polar surface area (TPSA) is 86.0 Å². The van der Waals surface area contributed by atoms with Crippen molar-refractivity contribution < 1.29 is 13.2 Å². The maximum absolute atomic E-state index is 15.1. The van der Waals surface area contributed by atoms with Gasteiger partial charge >= 0.3 is 0 Å². The van der Waals surface area contributed by atoms with Crippen LogP contribution in [0.3, 0.4) is 0 Å². The number of fused-ring (bicyclic) bond motifs is 3. The monoisotopic (exact) mass is 545 g/mol. The molecule has 6 aromatic rings. The van der Waals surface area contributed by atoms with Gasteiger partial charge in [0.25, 0.3) is 15.9 Å². The van der Waals surface area contributed by atoms with Crippen molar-refractivity contribution in [3.8, 4) is 0 Å². The number of para-hydroxylation sites is 1. The first-order valence-corrected chi connectivity index (χ1v) is 14.6. The number of benzene rings is 4. The highest BCUT2D eigenvalue weighted by Gasteiger charge is 2.58. The molecule has 7 rings (SSSR count). The van der Waals surface area contributed by atoms with Crippen molar-refractivity contribution in [1.82, 2.24) is 9.97 Å². The predicted octanol–water partition coefficient (Wildman–Crippen LogP) is 6.64. The molecule has 2 N–H and O–H groups in total. The molecule has 0 unspecified atom stereocenters. The number of sulfonamides is 1. The van der Waals surface area contributed by atoms with Crippen LogP contribution in [0.4, 0.5) is 5.69 Å². The summed E-state index contributed by atoms with van der Waals surface area (Å²) in [7, 11) is -4.23. The van der Waals surface area contributed by atoms with E-state index in [9.17, 15) is 8.42 Å². The summed E-state index contributed by atoms with van der Waals surface area (Å²) in [5.74, 6) is -0.529. The largest absolute Gasteiger partial charge is 0.361 e. The summed E-state index contributed by atoms with van der Waals surface area (Å²) in [6.45, 7) is 5.92. The summed E-state index contributed by atoms with van der Waals surface area (Å²) in [6.07, 6.45) is 3.71. The van der Waals surface area contributed by atoms with E-state index in [1.807, 2.05) is 69.6 Å². The molecule has 0 fully saturated rings.